The van der Waals surface area contributed by atoms with E-state index in [0.29, 0.717) is 24.5 Å². The number of hydrogen-bond donors (Lipinski definition) is 2. The van der Waals surface area contributed by atoms with Gasteiger partial charge in [0.25, 0.3) is 0 Å². The van der Waals surface area contributed by atoms with E-state index in [-0.39, 0.29) is 18.1 Å². The van der Waals surface area contributed by atoms with E-state index in [2.05, 4.69) is 10.4 Å². The molecule has 132 valence electrons. The Morgan fingerprint density at radius 3 is 2.58 bits per heavy atom. The molecule has 4 atom stereocenters. The van der Waals surface area contributed by atoms with E-state index in [1.165, 1.54) is 0 Å². The number of aromatic nitrogens is 2. The summed E-state index contributed by atoms with van der Waals surface area (Å²) in [6, 6.07) is 0. The number of ether oxygens (including phenoxy) is 1. The zero-order chi connectivity index (χ0) is 17.4. The van der Waals surface area contributed by atoms with Crippen LogP contribution in [0, 0.1) is 25.7 Å². The number of hydrogen-bond acceptors (Lipinski definition) is 4. The smallest absolute Gasteiger partial charge is 0.310 e. The van der Waals surface area contributed by atoms with Crippen LogP contribution in [0.1, 0.15) is 30.7 Å². The Kier molecular flexibility index (Phi) is 4.83. The van der Waals surface area contributed by atoms with E-state index in [0.717, 1.165) is 24.2 Å². The predicted molar refractivity (Wildman–Crippen MR) is 86.8 cm³/mol. The fourth-order valence-electron chi connectivity index (χ4n) is 3.78. The highest BCUT2D eigenvalue weighted by Crippen LogP contribution is 2.43. The van der Waals surface area contributed by atoms with Crippen LogP contribution in [0.15, 0.2) is 0 Å². The third-order valence-corrected chi connectivity index (χ3v) is 5.55. The second kappa shape index (κ2) is 6.72. The largest absolute Gasteiger partial charge is 0.481 e. The van der Waals surface area contributed by atoms with Gasteiger partial charge < -0.3 is 15.2 Å². The van der Waals surface area contributed by atoms with Gasteiger partial charge in [-0.1, -0.05) is 11.6 Å². The Morgan fingerprint density at radius 1 is 1.33 bits per heavy atom. The minimum absolute atomic E-state index is 0.221. The van der Waals surface area contributed by atoms with Crippen molar-refractivity contribution in [1.82, 2.24) is 15.1 Å². The molecule has 3 heterocycles. The summed E-state index contributed by atoms with van der Waals surface area (Å²) in [6.07, 6.45) is 1.61. The third-order valence-electron chi connectivity index (χ3n) is 5.00. The van der Waals surface area contributed by atoms with Crippen LogP contribution in [0.4, 0.5) is 0 Å². The third kappa shape index (κ3) is 3.02. The quantitative estimate of drug-likeness (QED) is 0.755. The predicted octanol–water partition coefficient (Wildman–Crippen LogP) is 1.54. The highest BCUT2D eigenvalue weighted by Gasteiger charge is 2.55. The van der Waals surface area contributed by atoms with Crippen LogP contribution in [-0.2, 0) is 20.9 Å². The van der Waals surface area contributed by atoms with Gasteiger partial charge >= 0.3 is 5.97 Å². The molecule has 2 N–H and O–H groups in total. The zero-order valence-electron chi connectivity index (χ0n) is 13.8. The van der Waals surface area contributed by atoms with Crippen molar-refractivity contribution in [3.05, 3.63) is 16.4 Å². The van der Waals surface area contributed by atoms with Gasteiger partial charge in [-0.25, -0.2) is 0 Å². The van der Waals surface area contributed by atoms with Crippen molar-refractivity contribution in [2.24, 2.45) is 11.8 Å². The highest BCUT2D eigenvalue weighted by atomic mass is 35.5. The Bertz CT molecular complexity index is 660. The van der Waals surface area contributed by atoms with Gasteiger partial charge in [-0.05, 0) is 33.1 Å². The maximum Gasteiger partial charge on any atom is 0.310 e. The summed E-state index contributed by atoms with van der Waals surface area (Å²) in [4.78, 5) is 23.8. The van der Waals surface area contributed by atoms with Gasteiger partial charge in [0.05, 0.1) is 40.5 Å². The lowest BCUT2D eigenvalue weighted by Gasteiger charge is -2.23. The molecule has 1 amide bonds. The molecule has 0 aromatic carbocycles. The van der Waals surface area contributed by atoms with Crippen molar-refractivity contribution in [3.63, 3.8) is 0 Å². The molecule has 2 fully saturated rings. The number of rotatable bonds is 6. The van der Waals surface area contributed by atoms with Gasteiger partial charge in [-0.2, -0.15) is 5.10 Å². The summed E-state index contributed by atoms with van der Waals surface area (Å²) >= 11 is 6.11. The molecule has 2 bridgehead atoms. The summed E-state index contributed by atoms with van der Waals surface area (Å²) in [7, 11) is 0. The van der Waals surface area contributed by atoms with E-state index in [1.807, 2.05) is 18.5 Å². The zero-order valence-corrected chi connectivity index (χ0v) is 14.5. The molecule has 2 aliphatic rings. The number of fused-ring (bicyclic) bond motifs is 2. The lowest BCUT2D eigenvalue weighted by atomic mass is 9.79. The number of carbonyl (C=O) groups is 2. The second-order valence-electron chi connectivity index (χ2n) is 6.53. The molecule has 0 radical (unpaired) electrons. The van der Waals surface area contributed by atoms with Gasteiger partial charge in [-0.15, -0.1) is 0 Å². The first-order valence-electron chi connectivity index (χ1n) is 8.25. The van der Waals surface area contributed by atoms with Gasteiger partial charge in [0.15, 0.2) is 0 Å². The molecule has 2 aliphatic heterocycles. The van der Waals surface area contributed by atoms with Gasteiger partial charge in [-0.3, -0.25) is 14.3 Å². The van der Waals surface area contributed by atoms with E-state index >= 15 is 0 Å². The van der Waals surface area contributed by atoms with Crippen molar-refractivity contribution in [2.45, 2.75) is 51.9 Å². The first kappa shape index (κ1) is 17.2. The number of halogens is 1. The SMILES string of the molecule is Cc1nn(CCCNC(=O)[C@H]2[C@@H](C(=O)O)[C@@H]3CC[C@@H]2O3)c(C)c1Cl. The molecule has 3 rings (SSSR count). The molecule has 0 aliphatic carbocycles. The summed E-state index contributed by atoms with van der Waals surface area (Å²) in [6.45, 7) is 4.88. The van der Waals surface area contributed by atoms with E-state index < -0.39 is 17.8 Å². The molecule has 24 heavy (non-hydrogen) atoms. The first-order chi connectivity index (χ1) is 11.4. The fourth-order valence-corrected chi connectivity index (χ4v) is 3.91. The van der Waals surface area contributed by atoms with E-state index in [1.54, 1.807) is 0 Å². The molecule has 1 aromatic rings. The molecule has 2 saturated heterocycles. The maximum atomic E-state index is 12.4. The fraction of sp³-hybridized carbons (Fsp3) is 0.688. The number of carboxylic acids is 1. The second-order valence-corrected chi connectivity index (χ2v) is 6.91. The molecule has 7 nitrogen and oxygen atoms in total. The summed E-state index contributed by atoms with van der Waals surface area (Å²) in [5.41, 5.74) is 1.70. The monoisotopic (exact) mass is 355 g/mol. The summed E-state index contributed by atoms with van der Waals surface area (Å²) in [5.74, 6) is -2.47. The minimum Gasteiger partial charge on any atom is -0.481 e. The standard InChI is InChI=1S/C16H22ClN3O4/c1-8-14(17)9(2)20(19-8)7-3-6-18-15(21)12-10-4-5-11(24-10)13(12)16(22)23/h10-13H,3-7H2,1-2H3,(H,18,21)(H,22,23)/t10-,11-,12+,13-/m0/s1. The topological polar surface area (TPSA) is 93.5 Å². The number of carbonyl (C=O) groups excluding carboxylic acids is 1. The lowest BCUT2D eigenvalue weighted by molar-refractivity contribution is -0.147. The molecular formula is C16H22ClN3O4. The Hall–Kier alpha value is -1.60. The summed E-state index contributed by atoms with van der Waals surface area (Å²) < 4.78 is 7.44. The molecule has 0 saturated carbocycles. The highest BCUT2D eigenvalue weighted by molar-refractivity contribution is 6.31. The summed E-state index contributed by atoms with van der Waals surface area (Å²) in [5, 5.41) is 17.2. The molecular weight excluding hydrogens is 334 g/mol. The van der Waals surface area contributed by atoms with Crippen LogP contribution in [0.2, 0.25) is 5.02 Å². The number of aliphatic carboxylic acids is 1. The number of nitrogens with one attached hydrogen (secondary N) is 1. The van der Waals surface area contributed by atoms with Crippen molar-refractivity contribution in [1.29, 1.82) is 0 Å². The number of aryl methyl sites for hydroxylation is 2. The van der Waals surface area contributed by atoms with Gasteiger partial charge in [0.2, 0.25) is 5.91 Å². The van der Waals surface area contributed by atoms with Crippen molar-refractivity contribution in [3.8, 4) is 0 Å². The average molecular weight is 356 g/mol. The number of amides is 1. The number of carboxylic acid groups (broad SMARTS) is 1. The van der Waals surface area contributed by atoms with Crippen molar-refractivity contribution < 1.29 is 19.4 Å². The van der Waals surface area contributed by atoms with E-state index in [4.69, 9.17) is 16.3 Å². The Balaban J connectivity index is 1.51. The molecule has 0 unspecified atom stereocenters. The molecule has 8 heteroatoms. The molecule has 0 spiro atoms. The van der Waals surface area contributed by atoms with Gasteiger partial charge in [0.1, 0.15) is 0 Å². The lowest BCUT2D eigenvalue weighted by Crippen LogP contribution is -2.44. The normalized spacial score (nSPS) is 28.3. The van der Waals surface area contributed by atoms with Crippen LogP contribution >= 0.6 is 11.6 Å². The van der Waals surface area contributed by atoms with Crippen LogP contribution in [0.5, 0.6) is 0 Å². The Morgan fingerprint density at radius 2 is 2.00 bits per heavy atom. The van der Waals surface area contributed by atoms with Crippen molar-refractivity contribution in [2.75, 3.05) is 6.54 Å². The first-order valence-corrected chi connectivity index (χ1v) is 8.63. The van der Waals surface area contributed by atoms with Crippen LogP contribution < -0.4 is 5.32 Å². The minimum atomic E-state index is -0.945. The van der Waals surface area contributed by atoms with Crippen LogP contribution in [0.25, 0.3) is 0 Å². The van der Waals surface area contributed by atoms with Crippen LogP contribution in [-0.4, -0.2) is 45.5 Å². The maximum absolute atomic E-state index is 12.4. The van der Waals surface area contributed by atoms with Crippen molar-refractivity contribution >= 4 is 23.5 Å². The van der Waals surface area contributed by atoms with Gasteiger partial charge in [0, 0.05) is 13.1 Å². The Labute approximate surface area is 145 Å². The number of nitrogens with zero attached hydrogens (tertiary/aromatic N) is 2. The van der Waals surface area contributed by atoms with Crippen LogP contribution in [0.3, 0.4) is 0 Å². The molecule has 1 aromatic heterocycles. The average Bonchev–Trinajstić information content (AvgIpc) is 3.21. The van der Waals surface area contributed by atoms with E-state index in [9.17, 15) is 14.7 Å².